The van der Waals surface area contributed by atoms with Crippen LogP contribution in [-0.2, 0) is 18.8 Å². The van der Waals surface area contributed by atoms with Gasteiger partial charge in [-0.05, 0) is 41.8 Å². The first-order valence-corrected chi connectivity index (χ1v) is 12.9. The van der Waals surface area contributed by atoms with Crippen LogP contribution in [0.1, 0.15) is 32.6 Å². The molecule has 0 unspecified atom stereocenters. The average molecular weight is 493 g/mol. The van der Waals surface area contributed by atoms with Gasteiger partial charge in [0.15, 0.2) is 5.16 Å². The van der Waals surface area contributed by atoms with Crippen LogP contribution in [0.25, 0.3) is 11.0 Å². The number of imidazole rings is 1. The zero-order valence-electron chi connectivity index (χ0n) is 20.5. The van der Waals surface area contributed by atoms with Crippen molar-refractivity contribution in [1.29, 1.82) is 0 Å². The second-order valence-electron chi connectivity index (χ2n) is 8.96. The molecule has 6 heteroatoms. The Balaban J connectivity index is 1.32. The van der Waals surface area contributed by atoms with Crippen LogP contribution in [0, 0.1) is 6.92 Å². The van der Waals surface area contributed by atoms with Gasteiger partial charge < -0.3 is 9.47 Å². The Morgan fingerprint density at radius 3 is 2.36 bits per heavy atom. The Hall–Kier alpha value is -3.90. The van der Waals surface area contributed by atoms with Gasteiger partial charge in [-0.25, -0.2) is 4.98 Å². The van der Waals surface area contributed by atoms with Crippen molar-refractivity contribution in [3.63, 3.8) is 0 Å². The molecule has 0 aliphatic carbocycles. The standard InChI is InChI=1S/C30H28N4OS/c1-22-8-10-25(11-9-22)21-36-30-32-27-16-17-31-18-28(27)34(30)20-24-12-14-26(15-13-24)29(35)33(2)19-23-6-4-3-5-7-23/h3-18H,19-21H2,1-2H3. The number of pyridine rings is 1. The van der Waals surface area contributed by atoms with Gasteiger partial charge in [-0.15, -0.1) is 0 Å². The maximum Gasteiger partial charge on any atom is 0.253 e. The molecule has 0 spiro atoms. The predicted molar refractivity (Wildman–Crippen MR) is 146 cm³/mol. The Labute approximate surface area is 215 Å². The van der Waals surface area contributed by atoms with Gasteiger partial charge >= 0.3 is 0 Å². The number of carbonyl (C=O) groups is 1. The Bertz CT molecular complexity index is 1460. The number of fused-ring (bicyclic) bond motifs is 1. The summed E-state index contributed by atoms with van der Waals surface area (Å²) < 4.78 is 2.21. The van der Waals surface area contributed by atoms with Crippen molar-refractivity contribution in [2.45, 2.75) is 30.9 Å². The quantitative estimate of drug-likeness (QED) is 0.237. The highest BCUT2D eigenvalue weighted by molar-refractivity contribution is 7.98. The molecule has 3 aromatic carbocycles. The lowest BCUT2D eigenvalue weighted by Crippen LogP contribution is -2.26. The SMILES string of the molecule is Cc1ccc(CSc2nc3ccncc3n2Cc2ccc(C(=O)N(C)Cc3ccccc3)cc2)cc1. The van der Waals surface area contributed by atoms with Gasteiger partial charge in [-0.1, -0.05) is 84.1 Å². The van der Waals surface area contributed by atoms with E-state index in [1.54, 1.807) is 22.9 Å². The molecular weight excluding hydrogens is 464 g/mol. The van der Waals surface area contributed by atoms with Crippen molar-refractivity contribution in [2.75, 3.05) is 7.05 Å². The number of nitrogens with zero attached hydrogens (tertiary/aromatic N) is 4. The third kappa shape index (κ3) is 5.50. The zero-order chi connectivity index (χ0) is 24.9. The van der Waals surface area contributed by atoms with Crippen molar-refractivity contribution in [2.24, 2.45) is 0 Å². The van der Waals surface area contributed by atoms with E-state index in [-0.39, 0.29) is 5.91 Å². The molecule has 0 N–H and O–H groups in total. The normalized spacial score (nSPS) is 11.1. The monoisotopic (exact) mass is 492 g/mol. The van der Waals surface area contributed by atoms with E-state index in [1.165, 1.54) is 11.1 Å². The van der Waals surface area contributed by atoms with Crippen LogP contribution in [0.15, 0.2) is 102 Å². The third-order valence-corrected chi connectivity index (χ3v) is 7.20. The first-order chi connectivity index (χ1) is 17.6. The van der Waals surface area contributed by atoms with E-state index in [4.69, 9.17) is 4.98 Å². The molecule has 1 amide bonds. The fourth-order valence-electron chi connectivity index (χ4n) is 4.13. The summed E-state index contributed by atoms with van der Waals surface area (Å²) in [4.78, 5) is 23.9. The molecule has 5 aromatic rings. The van der Waals surface area contributed by atoms with Crippen molar-refractivity contribution in [3.8, 4) is 0 Å². The molecule has 5 nitrogen and oxygen atoms in total. The minimum Gasteiger partial charge on any atom is -0.337 e. The molecule has 0 saturated carbocycles. The van der Waals surface area contributed by atoms with Gasteiger partial charge in [0, 0.05) is 31.1 Å². The van der Waals surface area contributed by atoms with E-state index in [9.17, 15) is 4.79 Å². The topological polar surface area (TPSA) is 51.0 Å². The second-order valence-corrected chi connectivity index (χ2v) is 9.91. The molecule has 0 radical (unpaired) electrons. The largest absolute Gasteiger partial charge is 0.337 e. The van der Waals surface area contributed by atoms with E-state index in [1.807, 2.05) is 73.9 Å². The highest BCUT2D eigenvalue weighted by atomic mass is 32.2. The molecule has 0 bridgehead atoms. The maximum absolute atomic E-state index is 12.9. The molecule has 2 heterocycles. The summed E-state index contributed by atoms with van der Waals surface area (Å²) in [5.74, 6) is 0.857. The molecule has 2 aromatic heterocycles. The minimum atomic E-state index is 0.0111. The molecule has 5 rings (SSSR count). The van der Waals surface area contributed by atoms with Crippen LogP contribution in [0.5, 0.6) is 0 Å². The van der Waals surface area contributed by atoms with Crippen LogP contribution in [0.3, 0.4) is 0 Å². The van der Waals surface area contributed by atoms with Crippen molar-refractivity contribution in [1.82, 2.24) is 19.4 Å². The third-order valence-electron chi connectivity index (χ3n) is 6.15. The highest BCUT2D eigenvalue weighted by Gasteiger charge is 2.15. The fraction of sp³-hybridized carbons (Fsp3) is 0.167. The molecule has 0 aliphatic rings. The van der Waals surface area contributed by atoms with Gasteiger partial charge in [0.05, 0.1) is 23.8 Å². The molecule has 36 heavy (non-hydrogen) atoms. The lowest BCUT2D eigenvalue weighted by atomic mass is 10.1. The number of aryl methyl sites for hydroxylation is 1. The zero-order valence-corrected chi connectivity index (χ0v) is 21.3. The second kappa shape index (κ2) is 10.8. The molecule has 0 fully saturated rings. The molecular formula is C30H28N4OS. The predicted octanol–water partition coefficient (Wildman–Crippen LogP) is 6.35. The first kappa shape index (κ1) is 23.8. The van der Waals surface area contributed by atoms with Crippen molar-refractivity contribution < 1.29 is 4.79 Å². The van der Waals surface area contributed by atoms with E-state index in [2.05, 4.69) is 40.7 Å². The number of thioether (sulfide) groups is 1. The van der Waals surface area contributed by atoms with Gasteiger partial charge in [-0.2, -0.15) is 0 Å². The van der Waals surface area contributed by atoms with Crippen molar-refractivity contribution >= 4 is 28.7 Å². The van der Waals surface area contributed by atoms with Crippen LogP contribution in [0.4, 0.5) is 0 Å². The summed E-state index contributed by atoms with van der Waals surface area (Å²) in [6.45, 7) is 3.34. The van der Waals surface area contributed by atoms with Gasteiger partial charge in [0.25, 0.3) is 5.91 Å². The fourth-order valence-corrected chi connectivity index (χ4v) is 5.10. The lowest BCUT2D eigenvalue weighted by Gasteiger charge is -2.17. The molecule has 0 saturated heterocycles. The van der Waals surface area contributed by atoms with Gasteiger partial charge in [-0.3, -0.25) is 9.78 Å². The number of hydrogen-bond donors (Lipinski definition) is 0. The van der Waals surface area contributed by atoms with E-state index < -0.39 is 0 Å². The maximum atomic E-state index is 12.9. The summed E-state index contributed by atoms with van der Waals surface area (Å²) in [5.41, 5.74) is 7.37. The number of carbonyl (C=O) groups excluding carboxylic acids is 1. The smallest absolute Gasteiger partial charge is 0.253 e. The molecule has 0 aliphatic heterocycles. The summed E-state index contributed by atoms with van der Waals surface area (Å²) in [6.07, 6.45) is 3.65. The van der Waals surface area contributed by atoms with E-state index in [0.29, 0.717) is 18.7 Å². The number of amides is 1. The van der Waals surface area contributed by atoms with Crippen LogP contribution in [0.2, 0.25) is 0 Å². The average Bonchev–Trinajstić information content (AvgIpc) is 3.26. The number of aromatic nitrogens is 3. The number of benzene rings is 3. The van der Waals surface area contributed by atoms with Crippen LogP contribution < -0.4 is 0 Å². The van der Waals surface area contributed by atoms with Crippen LogP contribution in [-0.4, -0.2) is 32.4 Å². The summed E-state index contributed by atoms with van der Waals surface area (Å²) in [6, 6.07) is 28.5. The van der Waals surface area contributed by atoms with Gasteiger partial charge in [0.2, 0.25) is 0 Å². The molecule has 180 valence electrons. The van der Waals surface area contributed by atoms with Gasteiger partial charge in [0.1, 0.15) is 0 Å². The van der Waals surface area contributed by atoms with E-state index >= 15 is 0 Å². The number of hydrogen-bond acceptors (Lipinski definition) is 4. The van der Waals surface area contributed by atoms with Crippen molar-refractivity contribution in [3.05, 3.63) is 125 Å². The lowest BCUT2D eigenvalue weighted by molar-refractivity contribution is 0.0785. The Kier molecular flexibility index (Phi) is 7.14. The number of rotatable bonds is 8. The minimum absolute atomic E-state index is 0.0111. The summed E-state index contributed by atoms with van der Waals surface area (Å²) >= 11 is 1.73. The summed E-state index contributed by atoms with van der Waals surface area (Å²) in [7, 11) is 1.84. The Morgan fingerprint density at radius 1 is 0.889 bits per heavy atom. The van der Waals surface area contributed by atoms with Crippen LogP contribution >= 0.6 is 11.8 Å². The highest BCUT2D eigenvalue weighted by Crippen LogP contribution is 2.27. The summed E-state index contributed by atoms with van der Waals surface area (Å²) in [5, 5.41) is 0.960. The first-order valence-electron chi connectivity index (χ1n) is 11.9. The molecule has 0 atom stereocenters. The van der Waals surface area contributed by atoms with E-state index in [0.717, 1.165) is 33.1 Å². The Morgan fingerprint density at radius 2 is 1.61 bits per heavy atom.